The number of nitrogens with one attached hydrogen (secondary N) is 1. The van der Waals surface area contributed by atoms with E-state index in [9.17, 15) is 0 Å². The first-order chi connectivity index (χ1) is 8.31. The van der Waals surface area contributed by atoms with Crippen molar-refractivity contribution in [1.29, 1.82) is 0 Å². The second-order valence-corrected chi connectivity index (χ2v) is 6.40. The van der Waals surface area contributed by atoms with Crippen LogP contribution in [0.3, 0.4) is 0 Å². The van der Waals surface area contributed by atoms with Gasteiger partial charge in [-0.25, -0.2) is 0 Å². The minimum Gasteiger partial charge on any atom is -0.370 e. The lowest BCUT2D eigenvalue weighted by atomic mass is 10.1. The van der Waals surface area contributed by atoms with Crippen molar-refractivity contribution >= 4 is 33.4 Å². The van der Waals surface area contributed by atoms with E-state index in [2.05, 4.69) is 56.1 Å². The van der Waals surface area contributed by atoms with Gasteiger partial charge in [0.05, 0.1) is 0 Å². The zero-order valence-electron chi connectivity index (χ0n) is 10.2. The van der Waals surface area contributed by atoms with E-state index in [-0.39, 0.29) is 0 Å². The molecule has 0 radical (unpaired) electrons. The fraction of sp³-hybridized carbons (Fsp3) is 0.538. The molecule has 1 aromatic carbocycles. The van der Waals surface area contributed by atoms with Gasteiger partial charge in [-0.2, -0.15) is 11.8 Å². The first-order valence-corrected chi connectivity index (χ1v) is 8.02. The van der Waals surface area contributed by atoms with Crippen molar-refractivity contribution in [3.8, 4) is 0 Å². The summed E-state index contributed by atoms with van der Waals surface area (Å²) in [5.41, 5.74) is 2.78. The van der Waals surface area contributed by atoms with E-state index in [4.69, 9.17) is 0 Å². The molecule has 0 aromatic heterocycles. The molecule has 0 aliphatic carbocycles. The van der Waals surface area contributed by atoms with Crippen LogP contribution in [0.5, 0.6) is 0 Å². The van der Waals surface area contributed by atoms with Gasteiger partial charge >= 0.3 is 0 Å². The van der Waals surface area contributed by atoms with Crippen LogP contribution in [-0.2, 0) is 6.54 Å². The molecule has 0 atom stereocenters. The molecule has 0 saturated carbocycles. The highest BCUT2D eigenvalue weighted by molar-refractivity contribution is 9.10. The van der Waals surface area contributed by atoms with E-state index >= 15 is 0 Å². The van der Waals surface area contributed by atoms with Gasteiger partial charge in [-0.05, 0) is 36.9 Å². The highest BCUT2D eigenvalue weighted by Crippen LogP contribution is 2.27. The van der Waals surface area contributed by atoms with E-state index < -0.39 is 0 Å². The van der Waals surface area contributed by atoms with Crippen LogP contribution in [-0.4, -0.2) is 31.6 Å². The maximum absolute atomic E-state index is 3.58. The predicted molar refractivity (Wildman–Crippen MR) is 81.1 cm³/mol. The van der Waals surface area contributed by atoms with Crippen molar-refractivity contribution in [2.24, 2.45) is 0 Å². The molecule has 1 aliphatic heterocycles. The predicted octanol–water partition coefficient (Wildman–Crippen LogP) is 3.11. The van der Waals surface area contributed by atoms with Crippen LogP contribution in [0.25, 0.3) is 0 Å². The maximum atomic E-state index is 3.58. The molecule has 2 nitrogen and oxygen atoms in total. The number of thioether (sulfide) groups is 1. The van der Waals surface area contributed by atoms with E-state index in [1.807, 2.05) is 7.05 Å². The fourth-order valence-corrected chi connectivity index (χ4v) is 3.39. The molecule has 0 amide bonds. The third-order valence-electron chi connectivity index (χ3n) is 2.98. The van der Waals surface area contributed by atoms with Gasteiger partial charge in [0.15, 0.2) is 0 Å². The molecule has 4 heteroatoms. The third kappa shape index (κ3) is 3.63. The molecule has 1 fully saturated rings. The number of halogens is 1. The van der Waals surface area contributed by atoms with Gasteiger partial charge in [0.2, 0.25) is 0 Å². The Morgan fingerprint density at radius 2 is 2.24 bits per heavy atom. The summed E-state index contributed by atoms with van der Waals surface area (Å²) >= 11 is 5.65. The zero-order chi connectivity index (χ0) is 12.1. The van der Waals surface area contributed by atoms with Crippen LogP contribution in [0.15, 0.2) is 22.7 Å². The minimum atomic E-state index is 0.937. The molecule has 1 N–H and O–H groups in total. The maximum Gasteiger partial charge on any atom is 0.0423 e. The summed E-state index contributed by atoms with van der Waals surface area (Å²) in [6.07, 6.45) is 1.29. The summed E-state index contributed by atoms with van der Waals surface area (Å²) in [5.74, 6) is 2.54. The Bertz CT molecular complexity index is 362. The van der Waals surface area contributed by atoms with Crippen LogP contribution < -0.4 is 10.2 Å². The van der Waals surface area contributed by atoms with Gasteiger partial charge in [-0.3, -0.25) is 0 Å². The van der Waals surface area contributed by atoms with Crippen LogP contribution >= 0.6 is 27.7 Å². The van der Waals surface area contributed by atoms with E-state index in [0.29, 0.717) is 0 Å². The van der Waals surface area contributed by atoms with Crippen LogP contribution in [0, 0.1) is 0 Å². The SMILES string of the molecule is CNCc1ccc(Br)cc1N1CCCSCC1. The molecule has 1 saturated heterocycles. The molecular formula is C13H19BrN2S. The van der Waals surface area contributed by atoms with Gasteiger partial charge in [-0.15, -0.1) is 0 Å². The lowest BCUT2D eigenvalue weighted by molar-refractivity contribution is 0.780. The summed E-state index contributed by atoms with van der Waals surface area (Å²) in [6, 6.07) is 6.60. The molecule has 0 unspecified atom stereocenters. The molecule has 1 aliphatic rings. The summed E-state index contributed by atoms with van der Waals surface area (Å²) in [6.45, 7) is 3.28. The topological polar surface area (TPSA) is 15.3 Å². The zero-order valence-corrected chi connectivity index (χ0v) is 12.6. The molecule has 2 rings (SSSR count). The molecule has 17 heavy (non-hydrogen) atoms. The van der Waals surface area contributed by atoms with Crippen molar-refractivity contribution in [2.75, 3.05) is 36.5 Å². The van der Waals surface area contributed by atoms with Gasteiger partial charge < -0.3 is 10.2 Å². The Morgan fingerprint density at radius 3 is 3.06 bits per heavy atom. The Hall–Kier alpha value is -0.190. The van der Waals surface area contributed by atoms with Crippen molar-refractivity contribution < 1.29 is 0 Å². The van der Waals surface area contributed by atoms with Crippen molar-refractivity contribution in [1.82, 2.24) is 5.32 Å². The molecule has 1 aromatic rings. The van der Waals surface area contributed by atoms with Crippen LogP contribution in [0.2, 0.25) is 0 Å². The molecular weight excluding hydrogens is 296 g/mol. The summed E-state index contributed by atoms with van der Waals surface area (Å²) in [4.78, 5) is 2.53. The van der Waals surface area contributed by atoms with Crippen molar-refractivity contribution in [2.45, 2.75) is 13.0 Å². The molecule has 0 bridgehead atoms. The average Bonchev–Trinajstić information content (AvgIpc) is 2.60. The highest BCUT2D eigenvalue weighted by Gasteiger charge is 2.13. The van der Waals surface area contributed by atoms with E-state index in [1.54, 1.807) is 0 Å². The van der Waals surface area contributed by atoms with Crippen LogP contribution in [0.1, 0.15) is 12.0 Å². The lowest BCUT2D eigenvalue weighted by Crippen LogP contribution is -2.27. The van der Waals surface area contributed by atoms with E-state index in [0.717, 1.165) is 13.1 Å². The van der Waals surface area contributed by atoms with E-state index in [1.165, 1.54) is 40.2 Å². The summed E-state index contributed by atoms with van der Waals surface area (Å²) in [7, 11) is 2.00. The monoisotopic (exact) mass is 314 g/mol. The Kier molecular flexibility index (Phi) is 5.19. The van der Waals surface area contributed by atoms with Crippen LogP contribution in [0.4, 0.5) is 5.69 Å². The van der Waals surface area contributed by atoms with Gasteiger partial charge in [-0.1, -0.05) is 22.0 Å². The summed E-state index contributed by atoms with van der Waals surface area (Å²) in [5, 5.41) is 3.25. The van der Waals surface area contributed by atoms with Crippen molar-refractivity contribution in [3.63, 3.8) is 0 Å². The second-order valence-electron chi connectivity index (χ2n) is 4.26. The van der Waals surface area contributed by atoms with Crippen molar-refractivity contribution in [3.05, 3.63) is 28.2 Å². The minimum absolute atomic E-state index is 0.937. The number of anilines is 1. The fourth-order valence-electron chi connectivity index (χ4n) is 2.16. The largest absolute Gasteiger partial charge is 0.370 e. The average molecular weight is 315 g/mol. The standard InChI is InChI=1S/C13H19BrN2S/c1-15-10-11-3-4-12(14)9-13(11)16-5-2-7-17-8-6-16/h3-4,9,15H,2,5-8,10H2,1H3. The first-order valence-electron chi connectivity index (χ1n) is 6.07. The number of hydrogen-bond donors (Lipinski definition) is 1. The number of rotatable bonds is 3. The van der Waals surface area contributed by atoms with Gasteiger partial charge in [0, 0.05) is 35.5 Å². The lowest BCUT2D eigenvalue weighted by Gasteiger charge is -2.25. The Balaban J connectivity index is 2.23. The molecule has 0 spiro atoms. The van der Waals surface area contributed by atoms with Gasteiger partial charge in [0.25, 0.3) is 0 Å². The third-order valence-corrected chi connectivity index (χ3v) is 4.52. The Labute approximate surface area is 116 Å². The summed E-state index contributed by atoms with van der Waals surface area (Å²) < 4.78 is 1.17. The normalized spacial score (nSPS) is 16.9. The second kappa shape index (κ2) is 6.66. The quantitative estimate of drug-likeness (QED) is 0.923. The first kappa shape index (κ1) is 13.2. The number of benzene rings is 1. The number of hydrogen-bond acceptors (Lipinski definition) is 3. The highest BCUT2D eigenvalue weighted by atomic mass is 79.9. The van der Waals surface area contributed by atoms with Gasteiger partial charge in [0.1, 0.15) is 0 Å². The Morgan fingerprint density at radius 1 is 1.35 bits per heavy atom. The number of nitrogens with zero attached hydrogens (tertiary/aromatic N) is 1. The molecule has 1 heterocycles. The molecule has 94 valence electrons. The smallest absolute Gasteiger partial charge is 0.0423 e.